The number of hydrogen-bond donors (Lipinski definition) is 1. The van der Waals surface area contributed by atoms with E-state index in [0.29, 0.717) is 5.75 Å². The van der Waals surface area contributed by atoms with Crippen LogP contribution in [0, 0.1) is 13.8 Å². The lowest BCUT2D eigenvalue weighted by molar-refractivity contribution is -0.139. The molecule has 0 aliphatic carbocycles. The average Bonchev–Trinajstić information content (AvgIpc) is 3.10. The molecule has 8 heteroatoms. The number of carboxylic acid groups (broad SMARTS) is 1. The smallest absolute Gasteiger partial charge is 0.416 e. The van der Waals surface area contributed by atoms with Crippen molar-refractivity contribution in [2.24, 2.45) is 0 Å². The number of thioether (sulfide) groups is 1. The summed E-state index contributed by atoms with van der Waals surface area (Å²) in [4.78, 5) is 11.7. The third-order valence-electron chi connectivity index (χ3n) is 5.81. The Bertz CT molecular complexity index is 1140. The number of carboxylic acids is 1. The Balaban J connectivity index is 1.73. The van der Waals surface area contributed by atoms with Gasteiger partial charge in [-0.15, -0.1) is 11.8 Å². The number of hydrogen-bond acceptors (Lipinski definition) is 4. The van der Waals surface area contributed by atoms with E-state index in [1.54, 1.807) is 17.8 Å². The number of fused-ring (bicyclic) bond motifs is 1. The molecule has 2 aromatic carbocycles. The van der Waals surface area contributed by atoms with Gasteiger partial charge >= 0.3 is 12.1 Å². The second-order valence-corrected chi connectivity index (χ2v) is 9.55. The summed E-state index contributed by atoms with van der Waals surface area (Å²) in [6.07, 6.45) is -0.634. The fraction of sp³-hybridized carbons (Fsp3) is 0.423. The SMILES string of the molecule is CCCCC(CCSc1ccc(OCC(=O)O)c(C)c1)c1oc2cc(C(F)(F)F)ccc2c1C. The van der Waals surface area contributed by atoms with Crippen molar-refractivity contribution in [3.8, 4) is 5.75 Å². The van der Waals surface area contributed by atoms with Crippen molar-refractivity contribution in [2.75, 3.05) is 12.4 Å². The van der Waals surface area contributed by atoms with E-state index in [1.165, 1.54) is 6.07 Å². The van der Waals surface area contributed by atoms with Gasteiger partial charge in [-0.1, -0.05) is 25.8 Å². The van der Waals surface area contributed by atoms with Crippen LogP contribution < -0.4 is 4.74 Å². The molecule has 184 valence electrons. The summed E-state index contributed by atoms with van der Waals surface area (Å²) >= 11 is 1.68. The minimum absolute atomic E-state index is 0.119. The minimum Gasteiger partial charge on any atom is -0.482 e. The topological polar surface area (TPSA) is 59.7 Å². The Hall–Kier alpha value is -2.61. The van der Waals surface area contributed by atoms with E-state index in [9.17, 15) is 18.0 Å². The van der Waals surface area contributed by atoms with E-state index in [-0.39, 0.29) is 18.1 Å². The molecule has 0 fully saturated rings. The van der Waals surface area contributed by atoms with Crippen LogP contribution in [0.2, 0.25) is 0 Å². The molecule has 4 nitrogen and oxygen atoms in total. The van der Waals surface area contributed by atoms with Crippen molar-refractivity contribution in [2.45, 2.75) is 63.4 Å². The van der Waals surface area contributed by atoms with E-state index in [1.807, 2.05) is 26.0 Å². The van der Waals surface area contributed by atoms with Gasteiger partial charge in [-0.2, -0.15) is 13.2 Å². The Morgan fingerprint density at radius 3 is 2.56 bits per heavy atom. The second-order valence-electron chi connectivity index (χ2n) is 8.39. The van der Waals surface area contributed by atoms with Crippen molar-refractivity contribution in [3.05, 3.63) is 58.8 Å². The van der Waals surface area contributed by atoms with E-state index < -0.39 is 17.7 Å². The lowest BCUT2D eigenvalue weighted by atomic mass is 9.93. The van der Waals surface area contributed by atoms with Gasteiger partial charge in [0, 0.05) is 16.2 Å². The maximum absolute atomic E-state index is 13.1. The monoisotopic (exact) mass is 494 g/mol. The van der Waals surface area contributed by atoms with Gasteiger partial charge in [-0.3, -0.25) is 0 Å². The number of furan rings is 1. The molecule has 1 heterocycles. The van der Waals surface area contributed by atoms with Crippen molar-refractivity contribution in [1.29, 1.82) is 0 Å². The molecule has 0 aliphatic rings. The molecule has 0 spiro atoms. The highest BCUT2D eigenvalue weighted by Crippen LogP contribution is 2.39. The molecule has 0 radical (unpaired) electrons. The summed E-state index contributed by atoms with van der Waals surface area (Å²) < 4.78 is 50.7. The first-order valence-electron chi connectivity index (χ1n) is 11.3. The zero-order valence-electron chi connectivity index (χ0n) is 19.5. The standard InChI is InChI=1S/C26H29F3O4S/c1-4-5-6-18(11-12-34-20-8-10-22(16(2)13-20)32-15-24(30)31)25-17(3)21-9-7-19(26(27,28)29)14-23(21)33-25/h7-10,13-14,18H,4-6,11-12,15H2,1-3H3,(H,30,31). The summed E-state index contributed by atoms with van der Waals surface area (Å²) in [5, 5.41) is 9.50. The zero-order valence-corrected chi connectivity index (χ0v) is 20.3. The third-order valence-corrected chi connectivity index (χ3v) is 6.84. The summed E-state index contributed by atoms with van der Waals surface area (Å²) in [5.41, 5.74) is 1.35. The van der Waals surface area contributed by atoms with Crippen molar-refractivity contribution in [1.82, 2.24) is 0 Å². The molecule has 0 amide bonds. The van der Waals surface area contributed by atoms with Crippen LogP contribution in [0.5, 0.6) is 5.75 Å². The van der Waals surface area contributed by atoms with Gasteiger partial charge in [0.05, 0.1) is 5.56 Å². The highest BCUT2D eigenvalue weighted by atomic mass is 32.2. The van der Waals surface area contributed by atoms with Gasteiger partial charge in [-0.05, 0) is 73.9 Å². The number of benzene rings is 2. The molecule has 1 N–H and O–H groups in total. The number of alkyl halides is 3. The Labute approximate surface area is 201 Å². The summed E-state index contributed by atoms with van der Waals surface area (Å²) in [7, 11) is 0. The van der Waals surface area contributed by atoms with Crippen molar-refractivity contribution >= 4 is 28.7 Å². The van der Waals surface area contributed by atoms with Crippen LogP contribution in [-0.4, -0.2) is 23.4 Å². The van der Waals surface area contributed by atoms with Crippen LogP contribution in [0.4, 0.5) is 13.2 Å². The molecular weight excluding hydrogens is 465 g/mol. The molecule has 3 rings (SSSR count). The second kappa shape index (κ2) is 11.2. The molecule has 1 unspecified atom stereocenters. The molecule has 3 aromatic rings. The molecule has 0 saturated carbocycles. The lowest BCUT2D eigenvalue weighted by Gasteiger charge is -2.15. The van der Waals surface area contributed by atoms with Crippen molar-refractivity contribution < 1.29 is 32.2 Å². The van der Waals surface area contributed by atoms with E-state index in [4.69, 9.17) is 14.3 Å². The average molecular weight is 495 g/mol. The number of aryl methyl sites for hydroxylation is 2. The fourth-order valence-electron chi connectivity index (χ4n) is 4.00. The predicted octanol–water partition coefficient (Wildman–Crippen LogP) is 7.99. The van der Waals surface area contributed by atoms with Gasteiger partial charge in [-0.25, -0.2) is 4.79 Å². The van der Waals surface area contributed by atoms with Gasteiger partial charge in [0.2, 0.25) is 0 Å². The van der Waals surface area contributed by atoms with Gasteiger partial charge < -0.3 is 14.3 Å². The van der Waals surface area contributed by atoms with Crippen molar-refractivity contribution in [3.63, 3.8) is 0 Å². The van der Waals surface area contributed by atoms with E-state index in [2.05, 4.69) is 6.92 Å². The quantitative estimate of drug-likeness (QED) is 0.274. The van der Waals surface area contributed by atoms with Gasteiger partial charge in [0.25, 0.3) is 0 Å². The van der Waals surface area contributed by atoms with Gasteiger partial charge in [0.15, 0.2) is 6.61 Å². The molecule has 1 atom stereocenters. The zero-order chi connectivity index (χ0) is 24.9. The number of carbonyl (C=O) groups is 1. The van der Waals surface area contributed by atoms with E-state index in [0.717, 1.165) is 70.7 Å². The molecule has 0 bridgehead atoms. The maximum Gasteiger partial charge on any atom is 0.416 e. The summed E-state index contributed by atoms with van der Waals surface area (Å²) in [6, 6.07) is 9.35. The van der Waals surface area contributed by atoms with Crippen LogP contribution in [-0.2, 0) is 11.0 Å². The molecule has 0 saturated heterocycles. The van der Waals surface area contributed by atoms with E-state index >= 15 is 0 Å². The largest absolute Gasteiger partial charge is 0.482 e. The Kier molecular flexibility index (Phi) is 8.57. The molecule has 0 aliphatic heterocycles. The molecule has 34 heavy (non-hydrogen) atoms. The van der Waals surface area contributed by atoms with Gasteiger partial charge in [0.1, 0.15) is 17.1 Å². The first-order valence-corrected chi connectivity index (χ1v) is 12.3. The summed E-state index contributed by atoms with van der Waals surface area (Å²) in [6.45, 7) is 5.52. The van der Waals surface area contributed by atoms with Crippen LogP contribution in [0.25, 0.3) is 11.0 Å². The number of ether oxygens (including phenoxy) is 1. The number of unbranched alkanes of at least 4 members (excludes halogenated alkanes) is 1. The predicted molar refractivity (Wildman–Crippen MR) is 128 cm³/mol. The number of halogens is 3. The third kappa shape index (κ3) is 6.50. The fourth-order valence-corrected chi connectivity index (χ4v) is 5.06. The van der Waals surface area contributed by atoms with Crippen LogP contribution in [0.1, 0.15) is 61.0 Å². The number of rotatable bonds is 11. The summed E-state index contributed by atoms with van der Waals surface area (Å²) in [5.74, 6) is 1.23. The maximum atomic E-state index is 13.1. The Morgan fingerprint density at radius 1 is 1.15 bits per heavy atom. The normalized spacial score (nSPS) is 12.8. The molecular formula is C26H29F3O4S. The number of aliphatic carboxylic acids is 1. The van der Waals surface area contributed by atoms with Crippen LogP contribution >= 0.6 is 11.8 Å². The van der Waals surface area contributed by atoms with Crippen LogP contribution in [0.15, 0.2) is 45.7 Å². The first-order chi connectivity index (χ1) is 16.1. The highest BCUT2D eigenvalue weighted by Gasteiger charge is 2.31. The van der Waals surface area contributed by atoms with Crippen LogP contribution in [0.3, 0.4) is 0 Å². The Morgan fingerprint density at radius 2 is 1.91 bits per heavy atom. The first kappa shape index (κ1) is 26.0. The molecule has 1 aromatic heterocycles. The highest BCUT2D eigenvalue weighted by molar-refractivity contribution is 7.99. The minimum atomic E-state index is -4.40. The lowest BCUT2D eigenvalue weighted by Crippen LogP contribution is -2.10.